The van der Waals surface area contributed by atoms with Gasteiger partial charge in [0, 0.05) is 50.4 Å². The van der Waals surface area contributed by atoms with Crippen molar-refractivity contribution in [1.29, 1.82) is 0 Å². The average molecular weight is 562 g/mol. The normalized spacial score (nSPS) is 12.0. The first-order valence-corrected chi connectivity index (χ1v) is 14.0. The highest BCUT2D eigenvalue weighted by Crippen LogP contribution is 2.44. The standard InChI is InChI=1S/C38H21F2NO2/c39-23-9-15-35-32(18-23)30-13-11-25(20-37(30)42-35)41(26-12-14-31-33-19-24(40)10-16-36(33)43-38(31)21-26)34-17-22-5-1-2-6-27(22)28-7-3-4-8-29(28)34/h1-21H. The summed E-state index contributed by atoms with van der Waals surface area (Å²) in [5, 5.41) is 7.67. The maximum absolute atomic E-state index is 14.1. The Bertz CT molecular complexity index is 2440. The molecule has 204 valence electrons. The Morgan fingerprint density at radius 3 is 1.53 bits per heavy atom. The first-order valence-electron chi connectivity index (χ1n) is 14.0. The fourth-order valence-corrected chi connectivity index (χ4v) is 6.40. The fraction of sp³-hybridized carbons (Fsp3) is 0. The first kappa shape index (κ1) is 24.0. The third-order valence-corrected chi connectivity index (χ3v) is 8.34. The Balaban J connectivity index is 1.34. The molecular formula is C38H21F2NO2. The minimum atomic E-state index is -0.303. The Morgan fingerprint density at radius 2 is 0.930 bits per heavy atom. The van der Waals surface area contributed by atoms with Gasteiger partial charge in [-0.1, -0.05) is 48.5 Å². The zero-order valence-electron chi connectivity index (χ0n) is 22.6. The number of nitrogens with zero attached hydrogens (tertiary/aromatic N) is 1. The molecule has 9 rings (SSSR count). The predicted molar refractivity (Wildman–Crippen MR) is 171 cm³/mol. The van der Waals surface area contributed by atoms with Crippen molar-refractivity contribution in [2.45, 2.75) is 0 Å². The number of hydrogen-bond acceptors (Lipinski definition) is 3. The van der Waals surface area contributed by atoms with E-state index in [9.17, 15) is 8.78 Å². The molecule has 9 aromatic rings. The molecule has 0 saturated carbocycles. The minimum Gasteiger partial charge on any atom is -0.456 e. The molecule has 43 heavy (non-hydrogen) atoms. The van der Waals surface area contributed by atoms with Crippen molar-refractivity contribution in [3.63, 3.8) is 0 Å². The number of furan rings is 2. The topological polar surface area (TPSA) is 29.5 Å². The van der Waals surface area contributed by atoms with Crippen LogP contribution in [0, 0.1) is 11.6 Å². The molecule has 5 heteroatoms. The van der Waals surface area contributed by atoms with Crippen LogP contribution >= 0.6 is 0 Å². The third-order valence-electron chi connectivity index (χ3n) is 8.34. The van der Waals surface area contributed by atoms with E-state index in [2.05, 4.69) is 47.4 Å². The van der Waals surface area contributed by atoms with Crippen molar-refractivity contribution in [2.24, 2.45) is 0 Å². The second-order valence-electron chi connectivity index (χ2n) is 10.8. The van der Waals surface area contributed by atoms with E-state index < -0.39 is 0 Å². The third kappa shape index (κ3) is 3.65. The number of anilines is 3. The van der Waals surface area contributed by atoms with Crippen LogP contribution in [0.2, 0.25) is 0 Å². The van der Waals surface area contributed by atoms with Gasteiger partial charge in [-0.25, -0.2) is 8.78 Å². The smallest absolute Gasteiger partial charge is 0.137 e. The molecule has 0 N–H and O–H groups in total. The quantitative estimate of drug-likeness (QED) is 0.201. The predicted octanol–water partition coefficient (Wildman–Crippen LogP) is 11.5. The molecule has 0 aliphatic carbocycles. The van der Waals surface area contributed by atoms with Crippen molar-refractivity contribution in [2.75, 3.05) is 4.90 Å². The van der Waals surface area contributed by atoms with Crippen LogP contribution in [0.3, 0.4) is 0 Å². The maximum Gasteiger partial charge on any atom is 0.137 e. The lowest BCUT2D eigenvalue weighted by Gasteiger charge is -2.27. The van der Waals surface area contributed by atoms with Gasteiger partial charge >= 0.3 is 0 Å². The van der Waals surface area contributed by atoms with Gasteiger partial charge < -0.3 is 13.7 Å². The van der Waals surface area contributed by atoms with Crippen molar-refractivity contribution in [3.05, 3.63) is 139 Å². The summed E-state index contributed by atoms with van der Waals surface area (Å²) in [6.45, 7) is 0. The van der Waals surface area contributed by atoms with Crippen molar-refractivity contribution >= 4 is 82.5 Å². The van der Waals surface area contributed by atoms with Crippen molar-refractivity contribution in [3.8, 4) is 0 Å². The van der Waals surface area contributed by atoms with Crippen LogP contribution in [-0.4, -0.2) is 0 Å². The molecule has 2 aromatic heterocycles. The monoisotopic (exact) mass is 561 g/mol. The molecule has 0 fully saturated rings. The summed E-state index contributed by atoms with van der Waals surface area (Å²) < 4.78 is 40.6. The molecule has 0 radical (unpaired) electrons. The van der Waals surface area contributed by atoms with Crippen LogP contribution in [0.1, 0.15) is 0 Å². The lowest BCUT2D eigenvalue weighted by Crippen LogP contribution is -2.10. The van der Waals surface area contributed by atoms with E-state index in [0.29, 0.717) is 22.3 Å². The van der Waals surface area contributed by atoms with Crippen LogP contribution in [0.15, 0.2) is 136 Å². The van der Waals surface area contributed by atoms with E-state index in [1.807, 2.05) is 48.5 Å². The number of rotatable bonds is 3. The van der Waals surface area contributed by atoms with E-state index in [0.717, 1.165) is 54.8 Å². The zero-order chi connectivity index (χ0) is 28.7. The lowest BCUT2D eigenvalue weighted by molar-refractivity contribution is 0.626. The van der Waals surface area contributed by atoms with E-state index in [1.165, 1.54) is 29.7 Å². The summed E-state index contributed by atoms with van der Waals surface area (Å²) >= 11 is 0. The van der Waals surface area contributed by atoms with Gasteiger partial charge in [0.2, 0.25) is 0 Å². The van der Waals surface area contributed by atoms with Gasteiger partial charge in [0.05, 0.1) is 5.69 Å². The second-order valence-corrected chi connectivity index (χ2v) is 10.8. The molecular weight excluding hydrogens is 540 g/mol. The van der Waals surface area contributed by atoms with Gasteiger partial charge in [0.1, 0.15) is 34.0 Å². The van der Waals surface area contributed by atoms with Gasteiger partial charge in [-0.3, -0.25) is 0 Å². The minimum absolute atomic E-state index is 0.303. The molecule has 7 aromatic carbocycles. The highest BCUT2D eigenvalue weighted by atomic mass is 19.1. The van der Waals surface area contributed by atoms with Gasteiger partial charge in [-0.15, -0.1) is 0 Å². The summed E-state index contributed by atoms with van der Waals surface area (Å²) in [5.74, 6) is -0.606. The van der Waals surface area contributed by atoms with Gasteiger partial charge in [0.15, 0.2) is 0 Å². The maximum atomic E-state index is 14.1. The van der Waals surface area contributed by atoms with Crippen LogP contribution < -0.4 is 4.90 Å². The Hall–Kier alpha value is -5.68. The summed E-state index contributed by atoms with van der Waals surface area (Å²) in [6, 6.07) is 40.1. The molecule has 0 aliphatic heterocycles. The SMILES string of the molecule is Fc1ccc2oc3cc(N(c4ccc5c(c4)oc4ccc(F)cc45)c4cc5ccccc5c5ccccc45)ccc3c2c1. The lowest BCUT2D eigenvalue weighted by atomic mass is 9.99. The van der Waals surface area contributed by atoms with E-state index in [-0.39, 0.29) is 11.6 Å². The van der Waals surface area contributed by atoms with Crippen LogP contribution in [-0.2, 0) is 0 Å². The molecule has 0 bridgehead atoms. The highest BCUT2D eigenvalue weighted by Gasteiger charge is 2.20. The summed E-state index contributed by atoms with van der Waals surface area (Å²) in [7, 11) is 0. The fourth-order valence-electron chi connectivity index (χ4n) is 6.40. The molecule has 0 unspecified atom stereocenters. The molecule has 0 spiro atoms. The Labute approximate surface area is 243 Å². The molecule has 0 saturated heterocycles. The number of halogens is 2. The van der Waals surface area contributed by atoms with Crippen LogP contribution in [0.4, 0.5) is 25.8 Å². The summed E-state index contributed by atoms with van der Waals surface area (Å²) in [4.78, 5) is 2.19. The number of hydrogen-bond donors (Lipinski definition) is 0. The van der Waals surface area contributed by atoms with Crippen LogP contribution in [0.25, 0.3) is 65.4 Å². The van der Waals surface area contributed by atoms with Crippen molar-refractivity contribution in [1.82, 2.24) is 0 Å². The summed E-state index contributed by atoms with van der Waals surface area (Å²) in [6.07, 6.45) is 0. The first-order chi connectivity index (χ1) is 21.1. The number of benzene rings is 7. The average Bonchev–Trinajstić information content (AvgIpc) is 3.58. The molecule has 2 heterocycles. The van der Waals surface area contributed by atoms with Gasteiger partial charge in [0.25, 0.3) is 0 Å². The van der Waals surface area contributed by atoms with E-state index in [4.69, 9.17) is 8.83 Å². The number of fused-ring (bicyclic) bond motifs is 9. The Kier molecular flexibility index (Phi) is 4.97. The largest absolute Gasteiger partial charge is 0.456 e. The van der Waals surface area contributed by atoms with E-state index >= 15 is 0 Å². The summed E-state index contributed by atoms with van der Waals surface area (Å²) in [5.41, 5.74) is 5.31. The zero-order valence-corrected chi connectivity index (χ0v) is 22.6. The molecule has 3 nitrogen and oxygen atoms in total. The second kappa shape index (κ2) is 8.91. The van der Waals surface area contributed by atoms with Crippen LogP contribution in [0.5, 0.6) is 0 Å². The molecule has 0 amide bonds. The van der Waals surface area contributed by atoms with Gasteiger partial charge in [-0.2, -0.15) is 0 Å². The highest BCUT2D eigenvalue weighted by molar-refractivity contribution is 6.15. The van der Waals surface area contributed by atoms with E-state index in [1.54, 1.807) is 12.1 Å². The molecule has 0 aliphatic rings. The molecule has 0 atom stereocenters. The Morgan fingerprint density at radius 1 is 0.395 bits per heavy atom. The van der Waals surface area contributed by atoms with Crippen molar-refractivity contribution < 1.29 is 17.6 Å². The van der Waals surface area contributed by atoms with Gasteiger partial charge in [-0.05, 0) is 82.9 Å².